The summed E-state index contributed by atoms with van der Waals surface area (Å²) in [6, 6.07) is -0.424. The van der Waals surface area contributed by atoms with Crippen molar-refractivity contribution in [1.29, 1.82) is 0 Å². The lowest BCUT2D eigenvalue weighted by Crippen LogP contribution is -2.55. The van der Waals surface area contributed by atoms with E-state index in [1.54, 1.807) is 0 Å². The topological polar surface area (TPSA) is 81.7 Å². The summed E-state index contributed by atoms with van der Waals surface area (Å²) in [4.78, 5) is 24.7. The second-order valence-corrected chi connectivity index (χ2v) is 4.92. The van der Waals surface area contributed by atoms with E-state index in [1.165, 1.54) is 6.92 Å². The highest BCUT2D eigenvalue weighted by Gasteiger charge is 2.33. The Balaban J connectivity index is 4.07. The van der Waals surface area contributed by atoms with Gasteiger partial charge >= 0.3 is 12.0 Å². The van der Waals surface area contributed by atoms with Crippen LogP contribution in [0, 0.1) is 0 Å². The number of aliphatic carboxylic acids is 1. The second kappa shape index (κ2) is 7.92. The molecule has 0 aliphatic heterocycles. The first-order chi connectivity index (χ1) is 8.31. The molecule has 0 rings (SSSR count). The van der Waals surface area contributed by atoms with Gasteiger partial charge in [0.1, 0.15) is 5.54 Å². The number of rotatable bonds is 8. The van der Waals surface area contributed by atoms with Crippen molar-refractivity contribution in [3.05, 3.63) is 0 Å². The average Bonchev–Trinajstić information content (AvgIpc) is 2.24. The Labute approximate surface area is 109 Å². The van der Waals surface area contributed by atoms with Crippen LogP contribution in [0.15, 0.2) is 0 Å². The van der Waals surface area contributed by atoms with Crippen LogP contribution in [0.1, 0.15) is 33.1 Å². The molecule has 0 heterocycles. The number of hydrogen-bond acceptors (Lipinski definition) is 3. The molecule has 2 amide bonds. The number of hydrogen-bond donors (Lipinski definition) is 3. The van der Waals surface area contributed by atoms with E-state index in [9.17, 15) is 9.59 Å². The highest BCUT2D eigenvalue weighted by Crippen LogP contribution is 2.12. The molecule has 0 aliphatic rings. The number of carboxylic acid groups (broad SMARTS) is 1. The van der Waals surface area contributed by atoms with Crippen LogP contribution in [-0.4, -0.2) is 54.7 Å². The normalized spacial score (nSPS) is 14.1. The number of carboxylic acids is 1. The Morgan fingerprint density at radius 2 is 1.94 bits per heavy atom. The quantitative estimate of drug-likeness (QED) is 0.565. The Bertz CT molecular complexity index is 282. The molecule has 0 aliphatic carbocycles. The van der Waals surface area contributed by atoms with Crippen LogP contribution in [0.3, 0.4) is 0 Å². The van der Waals surface area contributed by atoms with Gasteiger partial charge in [-0.3, -0.25) is 0 Å². The van der Waals surface area contributed by atoms with Gasteiger partial charge in [0.15, 0.2) is 0 Å². The summed E-state index contributed by atoms with van der Waals surface area (Å²) in [5, 5.41) is 14.3. The van der Waals surface area contributed by atoms with Crippen molar-refractivity contribution in [3.8, 4) is 0 Å². The van der Waals surface area contributed by atoms with Gasteiger partial charge in [-0.15, -0.1) is 0 Å². The number of carbonyl (C=O) groups excluding carboxylic acids is 1. The summed E-state index contributed by atoms with van der Waals surface area (Å²) in [5.41, 5.74) is -1.19. The highest BCUT2D eigenvalue weighted by atomic mass is 16.4. The minimum absolute atomic E-state index is 0.410. The maximum atomic E-state index is 11.6. The van der Waals surface area contributed by atoms with Crippen molar-refractivity contribution in [1.82, 2.24) is 15.5 Å². The fourth-order valence-electron chi connectivity index (χ4n) is 1.61. The smallest absolute Gasteiger partial charge is 0.329 e. The second-order valence-electron chi connectivity index (χ2n) is 4.92. The molecule has 6 heteroatoms. The van der Waals surface area contributed by atoms with E-state index < -0.39 is 17.5 Å². The Morgan fingerprint density at radius 3 is 2.39 bits per heavy atom. The number of nitrogens with zero attached hydrogens (tertiary/aromatic N) is 1. The molecule has 0 spiro atoms. The zero-order valence-corrected chi connectivity index (χ0v) is 11.7. The number of amides is 2. The van der Waals surface area contributed by atoms with Crippen molar-refractivity contribution in [3.63, 3.8) is 0 Å². The summed E-state index contributed by atoms with van der Waals surface area (Å²) in [7, 11) is 3.92. The van der Waals surface area contributed by atoms with Crippen LogP contribution >= 0.6 is 0 Å². The maximum Gasteiger partial charge on any atom is 0.329 e. The van der Waals surface area contributed by atoms with E-state index >= 15 is 0 Å². The van der Waals surface area contributed by atoms with Gasteiger partial charge in [-0.25, -0.2) is 9.59 Å². The average molecular weight is 259 g/mol. The monoisotopic (exact) mass is 259 g/mol. The molecular weight excluding hydrogens is 234 g/mol. The summed E-state index contributed by atoms with van der Waals surface area (Å²) in [5.74, 6) is -1.01. The Morgan fingerprint density at radius 1 is 1.33 bits per heavy atom. The van der Waals surface area contributed by atoms with Gasteiger partial charge < -0.3 is 20.6 Å². The van der Waals surface area contributed by atoms with Crippen LogP contribution < -0.4 is 10.6 Å². The highest BCUT2D eigenvalue weighted by molar-refractivity contribution is 5.85. The molecule has 0 fully saturated rings. The van der Waals surface area contributed by atoms with E-state index in [1.807, 2.05) is 25.9 Å². The van der Waals surface area contributed by atoms with Gasteiger partial charge in [-0.1, -0.05) is 13.3 Å². The molecule has 1 unspecified atom stereocenters. The SMILES string of the molecule is CCCC(C)(NC(=O)NCCCN(C)C)C(=O)O. The zero-order chi connectivity index (χ0) is 14.2. The fourth-order valence-corrected chi connectivity index (χ4v) is 1.61. The standard InChI is InChI=1S/C12H25N3O3/c1-5-7-12(2,10(16)17)14-11(18)13-8-6-9-15(3)4/h5-9H2,1-4H3,(H,16,17)(H2,13,14,18). The van der Waals surface area contributed by atoms with Crippen molar-refractivity contribution in [2.24, 2.45) is 0 Å². The molecule has 106 valence electrons. The first-order valence-electron chi connectivity index (χ1n) is 6.26. The van der Waals surface area contributed by atoms with Gasteiger partial charge in [-0.2, -0.15) is 0 Å². The van der Waals surface area contributed by atoms with E-state index in [2.05, 4.69) is 10.6 Å². The third-order valence-corrected chi connectivity index (χ3v) is 2.68. The van der Waals surface area contributed by atoms with Gasteiger partial charge in [0.25, 0.3) is 0 Å². The molecule has 3 N–H and O–H groups in total. The minimum Gasteiger partial charge on any atom is -0.480 e. The number of carbonyl (C=O) groups is 2. The molecule has 0 bridgehead atoms. The van der Waals surface area contributed by atoms with Crippen molar-refractivity contribution in [2.45, 2.75) is 38.6 Å². The molecule has 0 saturated carbocycles. The van der Waals surface area contributed by atoms with Crippen LogP contribution in [0.25, 0.3) is 0 Å². The lowest BCUT2D eigenvalue weighted by molar-refractivity contribution is -0.144. The van der Waals surface area contributed by atoms with Crippen LogP contribution in [0.2, 0.25) is 0 Å². The lowest BCUT2D eigenvalue weighted by atomic mass is 9.97. The van der Waals surface area contributed by atoms with Gasteiger partial charge in [0.2, 0.25) is 0 Å². The molecule has 0 aromatic carbocycles. The third-order valence-electron chi connectivity index (χ3n) is 2.68. The molecular formula is C12H25N3O3. The number of nitrogens with one attached hydrogen (secondary N) is 2. The molecule has 1 atom stereocenters. The molecule has 18 heavy (non-hydrogen) atoms. The third kappa shape index (κ3) is 6.44. The Hall–Kier alpha value is -1.30. The summed E-state index contributed by atoms with van der Waals surface area (Å²) >= 11 is 0. The predicted molar refractivity (Wildman–Crippen MR) is 70.7 cm³/mol. The summed E-state index contributed by atoms with van der Waals surface area (Å²) < 4.78 is 0. The van der Waals surface area contributed by atoms with E-state index in [4.69, 9.17) is 5.11 Å². The van der Waals surface area contributed by atoms with Crippen LogP contribution in [-0.2, 0) is 4.79 Å². The van der Waals surface area contributed by atoms with Crippen molar-refractivity contribution in [2.75, 3.05) is 27.2 Å². The molecule has 0 saturated heterocycles. The Kier molecular flexibility index (Phi) is 7.35. The van der Waals surface area contributed by atoms with Crippen LogP contribution in [0.4, 0.5) is 4.79 Å². The first-order valence-corrected chi connectivity index (χ1v) is 6.26. The van der Waals surface area contributed by atoms with Crippen molar-refractivity contribution >= 4 is 12.0 Å². The molecule has 6 nitrogen and oxygen atoms in total. The molecule has 0 radical (unpaired) electrons. The summed E-state index contributed by atoms with van der Waals surface area (Å²) in [6.45, 7) is 4.83. The minimum atomic E-state index is -1.19. The summed E-state index contributed by atoms with van der Waals surface area (Å²) in [6.07, 6.45) is 1.94. The van der Waals surface area contributed by atoms with E-state index in [-0.39, 0.29) is 0 Å². The lowest BCUT2D eigenvalue weighted by Gasteiger charge is -2.25. The van der Waals surface area contributed by atoms with Gasteiger partial charge in [-0.05, 0) is 40.4 Å². The van der Waals surface area contributed by atoms with Gasteiger partial charge in [0, 0.05) is 6.54 Å². The number of urea groups is 1. The zero-order valence-electron chi connectivity index (χ0n) is 11.7. The largest absolute Gasteiger partial charge is 0.480 e. The fraction of sp³-hybridized carbons (Fsp3) is 0.833. The molecule has 0 aromatic rings. The molecule has 0 aromatic heterocycles. The first kappa shape index (κ1) is 16.7. The van der Waals surface area contributed by atoms with Gasteiger partial charge in [0.05, 0.1) is 0 Å². The predicted octanol–water partition coefficient (Wildman–Crippen LogP) is 0.881. The van der Waals surface area contributed by atoms with E-state index in [0.29, 0.717) is 19.4 Å². The van der Waals surface area contributed by atoms with E-state index in [0.717, 1.165) is 13.0 Å². The maximum absolute atomic E-state index is 11.6. The van der Waals surface area contributed by atoms with Crippen molar-refractivity contribution < 1.29 is 14.7 Å². The van der Waals surface area contributed by atoms with Crippen LogP contribution in [0.5, 0.6) is 0 Å².